The zero-order valence-corrected chi connectivity index (χ0v) is 11.5. The Morgan fingerprint density at radius 1 is 1.33 bits per heavy atom. The predicted octanol–water partition coefficient (Wildman–Crippen LogP) is 2.05. The van der Waals surface area contributed by atoms with Gasteiger partial charge in [-0.15, -0.1) is 0 Å². The number of likely N-dealkylation sites (tertiary alicyclic amines) is 1. The number of amides is 1. The highest BCUT2D eigenvalue weighted by Gasteiger charge is 2.30. The molecule has 0 aromatic carbocycles. The number of aliphatic hydroxyl groups excluding tert-OH is 1. The van der Waals surface area contributed by atoms with E-state index in [4.69, 9.17) is 4.42 Å². The Balaban J connectivity index is 2.21. The highest BCUT2D eigenvalue weighted by Crippen LogP contribution is 2.25. The monoisotopic (exact) mass is 251 g/mol. The Hall–Kier alpha value is -1.29. The zero-order valence-electron chi connectivity index (χ0n) is 11.5. The van der Waals surface area contributed by atoms with Gasteiger partial charge in [-0.25, -0.2) is 0 Å². The minimum atomic E-state index is -0.290. The molecule has 0 radical (unpaired) electrons. The average Bonchev–Trinajstić information content (AvgIpc) is 2.56. The summed E-state index contributed by atoms with van der Waals surface area (Å²) in [7, 11) is 0. The molecule has 0 spiro atoms. The first kappa shape index (κ1) is 13.1. The van der Waals surface area contributed by atoms with E-state index in [0.717, 1.165) is 11.3 Å². The first-order valence-electron chi connectivity index (χ1n) is 6.45. The molecule has 1 aromatic heterocycles. The molecule has 2 rings (SSSR count). The number of rotatable bonds is 1. The van der Waals surface area contributed by atoms with E-state index >= 15 is 0 Å². The number of hydrogen-bond acceptors (Lipinski definition) is 3. The van der Waals surface area contributed by atoms with Crippen molar-refractivity contribution >= 4 is 5.91 Å². The van der Waals surface area contributed by atoms with E-state index < -0.39 is 0 Å². The molecule has 0 saturated carbocycles. The maximum atomic E-state index is 12.5. The minimum Gasteiger partial charge on any atom is -0.466 e. The van der Waals surface area contributed by atoms with Crippen molar-refractivity contribution in [2.45, 2.75) is 40.2 Å². The van der Waals surface area contributed by atoms with Gasteiger partial charge in [-0.05, 0) is 33.1 Å². The van der Waals surface area contributed by atoms with Crippen molar-refractivity contribution < 1.29 is 14.3 Å². The molecule has 0 bridgehead atoms. The van der Waals surface area contributed by atoms with Crippen LogP contribution in [0.2, 0.25) is 0 Å². The Morgan fingerprint density at radius 2 is 2.00 bits per heavy atom. The first-order chi connectivity index (χ1) is 8.41. The molecule has 1 aliphatic rings. The molecule has 2 heterocycles. The van der Waals surface area contributed by atoms with Gasteiger partial charge in [0.05, 0.1) is 11.7 Å². The Bertz CT molecular complexity index is 464. The molecule has 1 aliphatic heterocycles. The standard InChI is InChI=1S/C14H21NO3/c1-8-7-15(6-5-12(8)16)14(17)13-9(2)10(3)18-11(13)4/h8,12,16H,5-7H2,1-4H3. The maximum Gasteiger partial charge on any atom is 0.257 e. The predicted molar refractivity (Wildman–Crippen MR) is 68.6 cm³/mol. The summed E-state index contributed by atoms with van der Waals surface area (Å²) in [5.41, 5.74) is 1.62. The van der Waals surface area contributed by atoms with Gasteiger partial charge >= 0.3 is 0 Å². The highest BCUT2D eigenvalue weighted by molar-refractivity contribution is 5.97. The van der Waals surface area contributed by atoms with Gasteiger partial charge in [-0.2, -0.15) is 0 Å². The molecule has 1 saturated heterocycles. The van der Waals surface area contributed by atoms with E-state index in [-0.39, 0.29) is 17.9 Å². The molecule has 4 heteroatoms. The number of piperidine rings is 1. The normalized spacial score (nSPS) is 24.4. The minimum absolute atomic E-state index is 0.0283. The van der Waals surface area contributed by atoms with Crippen molar-refractivity contribution in [1.82, 2.24) is 4.90 Å². The molecule has 2 atom stereocenters. The highest BCUT2D eigenvalue weighted by atomic mass is 16.3. The number of nitrogens with zero attached hydrogens (tertiary/aromatic N) is 1. The first-order valence-corrected chi connectivity index (χ1v) is 6.45. The van der Waals surface area contributed by atoms with Crippen LogP contribution in [-0.2, 0) is 0 Å². The topological polar surface area (TPSA) is 53.7 Å². The van der Waals surface area contributed by atoms with Gasteiger partial charge in [-0.3, -0.25) is 4.79 Å². The van der Waals surface area contributed by atoms with Crippen molar-refractivity contribution in [2.24, 2.45) is 5.92 Å². The number of carbonyl (C=O) groups is 1. The van der Waals surface area contributed by atoms with Crippen molar-refractivity contribution in [3.63, 3.8) is 0 Å². The third-order valence-corrected chi connectivity index (χ3v) is 3.92. The van der Waals surface area contributed by atoms with Crippen LogP contribution in [0.15, 0.2) is 4.42 Å². The smallest absolute Gasteiger partial charge is 0.257 e. The molecular weight excluding hydrogens is 230 g/mol. The van der Waals surface area contributed by atoms with E-state index in [1.165, 1.54) is 0 Å². The van der Waals surface area contributed by atoms with Gasteiger partial charge in [0.25, 0.3) is 5.91 Å². The van der Waals surface area contributed by atoms with Crippen LogP contribution in [0.5, 0.6) is 0 Å². The summed E-state index contributed by atoms with van der Waals surface area (Å²) >= 11 is 0. The summed E-state index contributed by atoms with van der Waals surface area (Å²) in [6, 6.07) is 0. The second-order valence-corrected chi connectivity index (χ2v) is 5.30. The number of furan rings is 1. The number of hydrogen-bond donors (Lipinski definition) is 1. The third-order valence-electron chi connectivity index (χ3n) is 3.92. The van der Waals surface area contributed by atoms with Crippen LogP contribution < -0.4 is 0 Å². The van der Waals surface area contributed by atoms with Crippen molar-refractivity contribution in [1.29, 1.82) is 0 Å². The van der Waals surface area contributed by atoms with Gasteiger partial charge in [0.2, 0.25) is 0 Å². The lowest BCUT2D eigenvalue weighted by molar-refractivity contribution is 0.0296. The lowest BCUT2D eigenvalue weighted by Crippen LogP contribution is -2.45. The molecular formula is C14H21NO3. The fourth-order valence-electron chi connectivity index (χ4n) is 2.58. The summed E-state index contributed by atoms with van der Waals surface area (Å²) in [4.78, 5) is 14.3. The van der Waals surface area contributed by atoms with Crippen molar-refractivity contribution in [3.8, 4) is 0 Å². The molecule has 1 N–H and O–H groups in total. The van der Waals surface area contributed by atoms with Crippen LogP contribution in [0.1, 0.15) is 40.8 Å². The molecule has 0 aliphatic carbocycles. The van der Waals surface area contributed by atoms with Crippen LogP contribution in [0.4, 0.5) is 0 Å². The Labute approximate surface area is 108 Å². The number of carbonyl (C=O) groups excluding carboxylic acids is 1. The van der Waals surface area contributed by atoms with Crippen molar-refractivity contribution in [3.05, 3.63) is 22.6 Å². The fraction of sp³-hybridized carbons (Fsp3) is 0.643. The van der Waals surface area contributed by atoms with Crippen molar-refractivity contribution in [2.75, 3.05) is 13.1 Å². The summed E-state index contributed by atoms with van der Waals surface area (Å²) in [5.74, 6) is 1.66. The van der Waals surface area contributed by atoms with Gasteiger partial charge in [0.15, 0.2) is 0 Å². The van der Waals surface area contributed by atoms with E-state index in [2.05, 4.69) is 0 Å². The van der Waals surface area contributed by atoms with E-state index in [0.29, 0.717) is 30.8 Å². The molecule has 18 heavy (non-hydrogen) atoms. The van der Waals surface area contributed by atoms with E-state index in [9.17, 15) is 9.90 Å². The zero-order chi connectivity index (χ0) is 13.4. The molecule has 1 aromatic rings. The quantitative estimate of drug-likeness (QED) is 0.831. The maximum absolute atomic E-state index is 12.5. The summed E-state index contributed by atoms with van der Waals surface area (Å²) in [6.07, 6.45) is 0.365. The second kappa shape index (κ2) is 4.76. The van der Waals surface area contributed by atoms with Crippen LogP contribution in [0.3, 0.4) is 0 Å². The summed E-state index contributed by atoms with van der Waals surface area (Å²) in [6.45, 7) is 8.83. The second-order valence-electron chi connectivity index (χ2n) is 5.30. The molecule has 4 nitrogen and oxygen atoms in total. The summed E-state index contributed by atoms with van der Waals surface area (Å²) in [5, 5.41) is 9.70. The molecule has 2 unspecified atom stereocenters. The van der Waals surface area contributed by atoms with Crippen LogP contribution in [0.25, 0.3) is 0 Å². The van der Waals surface area contributed by atoms with E-state index in [1.807, 2.05) is 32.6 Å². The fourth-order valence-corrected chi connectivity index (χ4v) is 2.58. The molecule has 1 fully saturated rings. The summed E-state index contributed by atoms with van der Waals surface area (Å²) < 4.78 is 5.51. The SMILES string of the molecule is Cc1oc(C)c(C(=O)N2CCC(O)C(C)C2)c1C. The van der Waals surface area contributed by atoms with Crippen LogP contribution in [0, 0.1) is 26.7 Å². The molecule has 100 valence electrons. The lowest BCUT2D eigenvalue weighted by Gasteiger charge is -2.34. The average molecular weight is 251 g/mol. The van der Waals surface area contributed by atoms with Gasteiger partial charge in [0.1, 0.15) is 11.5 Å². The number of aliphatic hydroxyl groups is 1. The van der Waals surface area contributed by atoms with Gasteiger partial charge < -0.3 is 14.4 Å². The largest absolute Gasteiger partial charge is 0.466 e. The lowest BCUT2D eigenvalue weighted by atomic mass is 9.96. The third kappa shape index (κ3) is 2.17. The Morgan fingerprint density at radius 3 is 2.50 bits per heavy atom. The van der Waals surface area contributed by atoms with E-state index in [1.54, 1.807) is 0 Å². The van der Waals surface area contributed by atoms with Crippen LogP contribution >= 0.6 is 0 Å². The molecule has 1 amide bonds. The van der Waals surface area contributed by atoms with Crippen LogP contribution in [-0.4, -0.2) is 35.1 Å². The number of aryl methyl sites for hydroxylation is 2. The van der Waals surface area contributed by atoms with Gasteiger partial charge in [0, 0.05) is 18.7 Å². The Kier molecular flexibility index (Phi) is 3.48. The van der Waals surface area contributed by atoms with Gasteiger partial charge in [-0.1, -0.05) is 6.92 Å².